The van der Waals surface area contributed by atoms with Gasteiger partial charge in [0.25, 0.3) is 11.1 Å². The standard InChI is InChI=1S/C20H23NO3S/c1-13(2)5-4-6-14(3)7-9-16-11-15(8-10-17(16)22)12-18-19(23)21-20(24)25-18/h5,7-8,10-12,22H,4,6,9H2,1-3H3,(H,21,23,24). The maximum absolute atomic E-state index is 11.6. The summed E-state index contributed by atoms with van der Waals surface area (Å²) in [6.45, 7) is 6.27. The van der Waals surface area contributed by atoms with Crippen molar-refractivity contribution in [3.63, 3.8) is 0 Å². The molecule has 5 heteroatoms. The summed E-state index contributed by atoms with van der Waals surface area (Å²) in [5, 5.41) is 11.9. The molecule has 0 saturated carbocycles. The zero-order valence-electron chi connectivity index (χ0n) is 14.8. The Bertz CT molecular complexity index is 771. The SMILES string of the molecule is CC(C)=CCCC(C)=CCc1cc(C=C2SC(=O)NC2=O)ccc1O. The number of thioether (sulfide) groups is 1. The zero-order chi connectivity index (χ0) is 18.4. The maximum Gasteiger partial charge on any atom is 0.290 e. The van der Waals surface area contributed by atoms with Crippen LogP contribution in [0.15, 0.2) is 46.4 Å². The second-order valence-corrected chi connectivity index (χ2v) is 7.33. The smallest absolute Gasteiger partial charge is 0.290 e. The molecule has 2 rings (SSSR count). The van der Waals surface area contributed by atoms with E-state index in [1.807, 2.05) is 6.07 Å². The van der Waals surface area contributed by atoms with Gasteiger partial charge < -0.3 is 5.11 Å². The molecule has 0 aliphatic carbocycles. The molecule has 2 N–H and O–H groups in total. The van der Waals surface area contributed by atoms with Crippen molar-refractivity contribution in [2.45, 2.75) is 40.0 Å². The van der Waals surface area contributed by atoms with Gasteiger partial charge >= 0.3 is 0 Å². The van der Waals surface area contributed by atoms with Crippen molar-refractivity contribution in [2.24, 2.45) is 0 Å². The van der Waals surface area contributed by atoms with Crippen LogP contribution < -0.4 is 5.32 Å². The highest BCUT2D eigenvalue weighted by atomic mass is 32.2. The topological polar surface area (TPSA) is 66.4 Å². The van der Waals surface area contributed by atoms with Crippen molar-refractivity contribution in [1.82, 2.24) is 5.32 Å². The van der Waals surface area contributed by atoms with Gasteiger partial charge in [-0.2, -0.15) is 0 Å². The van der Waals surface area contributed by atoms with Crippen molar-refractivity contribution in [1.29, 1.82) is 0 Å². The minimum atomic E-state index is -0.375. The number of hydrogen-bond acceptors (Lipinski definition) is 4. The second-order valence-electron chi connectivity index (χ2n) is 6.32. The highest BCUT2D eigenvalue weighted by molar-refractivity contribution is 8.18. The number of nitrogens with one attached hydrogen (secondary N) is 1. The van der Waals surface area contributed by atoms with Crippen molar-refractivity contribution >= 4 is 29.0 Å². The Kier molecular flexibility index (Phi) is 6.65. The number of allylic oxidation sites excluding steroid dienone is 4. The molecule has 1 aliphatic rings. The van der Waals surface area contributed by atoms with E-state index >= 15 is 0 Å². The van der Waals surface area contributed by atoms with Crippen LogP contribution in [0, 0.1) is 0 Å². The molecule has 0 bridgehead atoms. The molecule has 2 amide bonds. The molecule has 0 atom stereocenters. The Balaban J connectivity index is 2.09. The third-order valence-corrected chi connectivity index (χ3v) is 4.62. The summed E-state index contributed by atoms with van der Waals surface area (Å²) in [4.78, 5) is 23.2. The van der Waals surface area contributed by atoms with Crippen LogP contribution in [0.2, 0.25) is 0 Å². The van der Waals surface area contributed by atoms with Crippen LogP contribution in [0.3, 0.4) is 0 Å². The van der Waals surface area contributed by atoms with Gasteiger partial charge in [0, 0.05) is 0 Å². The quantitative estimate of drug-likeness (QED) is 0.558. The first-order valence-electron chi connectivity index (χ1n) is 8.21. The summed E-state index contributed by atoms with van der Waals surface area (Å²) in [6.07, 6.45) is 8.64. The molecule has 1 saturated heterocycles. The molecule has 25 heavy (non-hydrogen) atoms. The Morgan fingerprint density at radius 1 is 1.20 bits per heavy atom. The van der Waals surface area contributed by atoms with E-state index in [1.165, 1.54) is 11.1 Å². The largest absolute Gasteiger partial charge is 0.508 e. The molecule has 1 aliphatic heterocycles. The molecule has 1 aromatic carbocycles. The molecule has 132 valence electrons. The monoisotopic (exact) mass is 357 g/mol. The molecular formula is C20H23NO3S. The van der Waals surface area contributed by atoms with Gasteiger partial charge in [0.15, 0.2) is 0 Å². The van der Waals surface area contributed by atoms with Crippen molar-refractivity contribution in [3.8, 4) is 5.75 Å². The van der Waals surface area contributed by atoms with Crippen LogP contribution in [0.5, 0.6) is 5.75 Å². The lowest BCUT2D eigenvalue weighted by Gasteiger charge is -2.05. The second kappa shape index (κ2) is 8.72. The van der Waals surface area contributed by atoms with Gasteiger partial charge in [-0.25, -0.2) is 0 Å². The Hall–Kier alpha value is -2.27. The number of rotatable bonds is 6. The Morgan fingerprint density at radius 2 is 1.96 bits per heavy atom. The summed E-state index contributed by atoms with van der Waals surface area (Å²) in [5.41, 5.74) is 4.18. The predicted molar refractivity (Wildman–Crippen MR) is 103 cm³/mol. The molecule has 0 unspecified atom stereocenters. The van der Waals surface area contributed by atoms with Gasteiger partial charge in [-0.05, 0) is 81.1 Å². The number of carbonyl (C=O) groups is 2. The van der Waals surface area contributed by atoms with Gasteiger partial charge in [-0.1, -0.05) is 29.4 Å². The lowest BCUT2D eigenvalue weighted by molar-refractivity contribution is -0.115. The van der Waals surface area contributed by atoms with E-state index in [0.717, 1.165) is 35.7 Å². The lowest BCUT2D eigenvalue weighted by atomic mass is 10.0. The molecule has 1 aromatic rings. The maximum atomic E-state index is 11.6. The predicted octanol–water partition coefficient (Wildman–Crippen LogP) is 4.95. The Morgan fingerprint density at radius 3 is 2.60 bits per heavy atom. The van der Waals surface area contributed by atoms with Crippen molar-refractivity contribution in [3.05, 3.63) is 57.5 Å². The molecule has 0 spiro atoms. The third kappa shape index (κ3) is 5.94. The van der Waals surface area contributed by atoms with E-state index in [4.69, 9.17) is 0 Å². The normalized spacial score (nSPS) is 16.3. The van der Waals surface area contributed by atoms with Crippen LogP contribution in [0.25, 0.3) is 6.08 Å². The number of phenolic OH excluding ortho intramolecular Hbond substituents is 1. The molecular weight excluding hydrogens is 334 g/mol. The van der Waals surface area contributed by atoms with Crippen LogP contribution in [-0.2, 0) is 11.2 Å². The van der Waals surface area contributed by atoms with E-state index < -0.39 is 0 Å². The number of aromatic hydroxyl groups is 1. The molecule has 1 fully saturated rings. The van der Waals surface area contributed by atoms with Crippen molar-refractivity contribution in [2.75, 3.05) is 0 Å². The molecule has 4 nitrogen and oxygen atoms in total. The van der Waals surface area contributed by atoms with Crippen LogP contribution in [0.4, 0.5) is 4.79 Å². The van der Waals surface area contributed by atoms with E-state index in [2.05, 4.69) is 38.2 Å². The summed E-state index contributed by atoms with van der Waals surface area (Å²) >= 11 is 0.890. The number of benzene rings is 1. The first kappa shape index (κ1) is 19.1. The fraction of sp³-hybridized carbons (Fsp3) is 0.300. The van der Waals surface area contributed by atoms with Crippen LogP contribution in [-0.4, -0.2) is 16.3 Å². The zero-order valence-corrected chi connectivity index (χ0v) is 15.6. The summed E-state index contributed by atoms with van der Waals surface area (Å²) in [7, 11) is 0. The molecule has 0 aromatic heterocycles. The number of carbonyl (C=O) groups excluding carboxylic acids is 2. The first-order chi connectivity index (χ1) is 11.8. The summed E-state index contributed by atoms with van der Waals surface area (Å²) in [6, 6.07) is 5.19. The summed E-state index contributed by atoms with van der Waals surface area (Å²) in [5.74, 6) is -0.144. The third-order valence-electron chi connectivity index (χ3n) is 3.81. The van der Waals surface area contributed by atoms with Gasteiger partial charge in [-0.15, -0.1) is 0 Å². The minimum absolute atomic E-state index is 0.232. The highest BCUT2D eigenvalue weighted by Gasteiger charge is 2.24. The lowest BCUT2D eigenvalue weighted by Crippen LogP contribution is -2.17. The van der Waals surface area contributed by atoms with Crippen LogP contribution >= 0.6 is 11.8 Å². The Labute approximate surface area is 152 Å². The van der Waals surface area contributed by atoms with E-state index in [-0.39, 0.29) is 16.9 Å². The molecule has 0 radical (unpaired) electrons. The fourth-order valence-corrected chi connectivity index (χ4v) is 3.09. The van der Waals surface area contributed by atoms with Gasteiger partial charge in [0.2, 0.25) is 0 Å². The minimum Gasteiger partial charge on any atom is -0.508 e. The van der Waals surface area contributed by atoms with Crippen molar-refractivity contribution < 1.29 is 14.7 Å². The fourth-order valence-electron chi connectivity index (χ4n) is 2.41. The summed E-state index contributed by atoms with van der Waals surface area (Å²) < 4.78 is 0. The number of amides is 2. The van der Waals surface area contributed by atoms with Crippen LogP contribution in [0.1, 0.15) is 44.7 Å². The van der Waals surface area contributed by atoms with Gasteiger partial charge in [0.05, 0.1) is 4.91 Å². The van der Waals surface area contributed by atoms with E-state index in [9.17, 15) is 14.7 Å². The van der Waals surface area contributed by atoms with E-state index in [1.54, 1.807) is 18.2 Å². The van der Waals surface area contributed by atoms with E-state index in [0.29, 0.717) is 11.3 Å². The number of hydrogen-bond donors (Lipinski definition) is 2. The first-order valence-corrected chi connectivity index (χ1v) is 9.02. The average molecular weight is 357 g/mol. The van der Waals surface area contributed by atoms with Gasteiger partial charge in [0.1, 0.15) is 5.75 Å². The molecule has 1 heterocycles. The average Bonchev–Trinajstić information content (AvgIpc) is 2.85. The highest BCUT2D eigenvalue weighted by Crippen LogP contribution is 2.27. The number of imide groups is 1. The number of phenols is 1. The van der Waals surface area contributed by atoms with Gasteiger partial charge in [-0.3, -0.25) is 14.9 Å².